The third-order valence-electron chi connectivity index (χ3n) is 2.04. The van der Waals surface area contributed by atoms with E-state index in [2.05, 4.69) is 21.2 Å². The van der Waals surface area contributed by atoms with Crippen molar-refractivity contribution in [3.8, 4) is 5.75 Å². The van der Waals surface area contributed by atoms with Crippen LogP contribution in [0.4, 0.5) is 14.5 Å². The normalized spacial score (nSPS) is 19.2. The minimum absolute atomic E-state index is 0.112. The van der Waals surface area contributed by atoms with Gasteiger partial charge in [-0.25, -0.2) is 8.78 Å². The fraction of sp³-hybridized carbons (Fsp3) is 0.222. The van der Waals surface area contributed by atoms with E-state index in [1.165, 1.54) is 6.92 Å². The maximum atomic E-state index is 13.3. The number of anilines is 1. The quantitative estimate of drug-likeness (QED) is 0.740. The molecule has 0 spiro atoms. The van der Waals surface area contributed by atoms with Gasteiger partial charge in [-0.1, -0.05) is 0 Å². The lowest BCUT2D eigenvalue weighted by Crippen LogP contribution is -2.35. The Labute approximate surface area is 92.5 Å². The first-order chi connectivity index (χ1) is 7.00. The van der Waals surface area contributed by atoms with Crippen LogP contribution in [0, 0.1) is 11.6 Å². The minimum Gasteiger partial charge on any atom is -0.477 e. The Bertz CT molecular complexity index is 450. The number of halogens is 3. The van der Waals surface area contributed by atoms with E-state index in [1.807, 2.05) is 0 Å². The van der Waals surface area contributed by atoms with Crippen molar-refractivity contribution in [3.05, 3.63) is 22.2 Å². The van der Waals surface area contributed by atoms with E-state index in [9.17, 15) is 13.6 Å². The lowest BCUT2D eigenvalue weighted by atomic mass is 10.2. The average molecular weight is 278 g/mol. The second-order valence-electron chi connectivity index (χ2n) is 3.11. The molecule has 0 bridgehead atoms. The van der Waals surface area contributed by atoms with Crippen molar-refractivity contribution < 1.29 is 18.3 Å². The molecule has 1 aromatic rings. The molecular formula is C9H6BrF2NO2. The Hall–Kier alpha value is -1.17. The zero-order chi connectivity index (χ0) is 11.2. The summed E-state index contributed by atoms with van der Waals surface area (Å²) >= 11 is 3.03. The first kappa shape index (κ1) is 10.4. The number of nitrogens with one attached hydrogen (secondary N) is 1. The first-order valence-corrected chi connectivity index (χ1v) is 4.95. The number of amides is 1. The van der Waals surface area contributed by atoms with Gasteiger partial charge < -0.3 is 10.1 Å². The van der Waals surface area contributed by atoms with Crippen molar-refractivity contribution in [3.63, 3.8) is 0 Å². The van der Waals surface area contributed by atoms with Crippen LogP contribution >= 0.6 is 15.9 Å². The van der Waals surface area contributed by atoms with Gasteiger partial charge in [0.25, 0.3) is 5.91 Å². The van der Waals surface area contributed by atoms with E-state index in [0.717, 1.165) is 6.07 Å². The van der Waals surface area contributed by atoms with Crippen molar-refractivity contribution in [2.24, 2.45) is 0 Å². The highest BCUT2D eigenvalue weighted by Gasteiger charge is 2.29. The molecule has 2 rings (SSSR count). The van der Waals surface area contributed by atoms with Gasteiger partial charge in [-0.15, -0.1) is 0 Å². The lowest BCUT2D eigenvalue weighted by molar-refractivity contribution is -0.122. The second kappa shape index (κ2) is 3.44. The molecule has 0 saturated carbocycles. The molecule has 80 valence electrons. The molecule has 1 heterocycles. The monoisotopic (exact) mass is 277 g/mol. The summed E-state index contributed by atoms with van der Waals surface area (Å²) < 4.78 is 31.7. The van der Waals surface area contributed by atoms with Crippen molar-refractivity contribution in [2.75, 3.05) is 5.32 Å². The number of hydrogen-bond donors (Lipinski definition) is 1. The third kappa shape index (κ3) is 1.58. The van der Waals surface area contributed by atoms with E-state index >= 15 is 0 Å². The van der Waals surface area contributed by atoms with Crippen LogP contribution in [0.3, 0.4) is 0 Å². The van der Waals surface area contributed by atoms with Crippen molar-refractivity contribution in [2.45, 2.75) is 13.0 Å². The number of ether oxygens (including phenoxy) is 1. The van der Waals surface area contributed by atoms with Crippen LogP contribution < -0.4 is 10.1 Å². The van der Waals surface area contributed by atoms with Gasteiger partial charge in [-0.05, 0) is 28.9 Å². The van der Waals surface area contributed by atoms with E-state index < -0.39 is 23.6 Å². The third-order valence-corrected chi connectivity index (χ3v) is 2.63. The van der Waals surface area contributed by atoms with Gasteiger partial charge >= 0.3 is 0 Å². The fourth-order valence-corrected chi connectivity index (χ4v) is 1.75. The van der Waals surface area contributed by atoms with Crippen LogP contribution in [0.2, 0.25) is 0 Å². The molecule has 1 aliphatic heterocycles. The van der Waals surface area contributed by atoms with E-state index in [1.54, 1.807) is 0 Å². The second-order valence-corrected chi connectivity index (χ2v) is 3.96. The van der Waals surface area contributed by atoms with Gasteiger partial charge in [0.15, 0.2) is 23.5 Å². The molecule has 0 aliphatic carbocycles. The SMILES string of the molecule is C[C@H]1Oc2c(Br)cc(F)c(F)c2NC1=O. The van der Waals surface area contributed by atoms with Gasteiger partial charge in [0.1, 0.15) is 5.69 Å². The van der Waals surface area contributed by atoms with Crippen molar-refractivity contribution >= 4 is 27.5 Å². The van der Waals surface area contributed by atoms with Crippen molar-refractivity contribution in [1.82, 2.24) is 0 Å². The summed E-state index contributed by atoms with van der Waals surface area (Å²) in [6, 6.07) is 0.957. The summed E-state index contributed by atoms with van der Waals surface area (Å²) in [5.41, 5.74) is -0.259. The van der Waals surface area contributed by atoms with Gasteiger partial charge in [-0.3, -0.25) is 4.79 Å². The van der Waals surface area contributed by atoms with Crippen LogP contribution in [0.1, 0.15) is 6.92 Å². The summed E-state index contributed by atoms with van der Waals surface area (Å²) in [7, 11) is 0. The molecule has 1 aromatic carbocycles. The topological polar surface area (TPSA) is 38.3 Å². The first-order valence-electron chi connectivity index (χ1n) is 4.15. The van der Waals surface area contributed by atoms with Gasteiger partial charge in [-0.2, -0.15) is 0 Å². The lowest BCUT2D eigenvalue weighted by Gasteiger charge is -2.24. The number of carbonyl (C=O) groups is 1. The Morgan fingerprint density at radius 2 is 2.20 bits per heavy atom. The summed E-state index contributed by atoms with van der Waals surface area (Å²) in [5.74, 6) is -2.55. The highest BCUT2D eigenvalue weighted by Crippen LogP contribution is 2.39. The van der Waals surface area contributed by atoms with Crippen LogP contribution in [0.5, 0.6) is 5.75 Å². The maximum Gasteiger partial charge on any atom is 0.265 e. The number of carbonyl (C=O) groups excluding carboxylic acids is 1. The average Bonchev–Trinajstić information content (AvgIpc) is 2.18. The predicted octanol–water partition coefficient (Wildman–Crippen LogP) is 2.45. The summed E-state index contributed by atoms with van der Waals surface area (Å²) in [6.07, 6.45) is -0.723. The summed E-state index contributed by atoms with van der Waals surface area (Å²) in [5, 5.41) is 2.25. The molecule has 0 saturated heterocycles. The standard InChI is InChI=1S/C9H6BrF2NO2/c1-3-9(14)13-7-6(12)5(11)2-4(10)8(7)15-3/h2-3H,1H3,(H,13,14)/t3-/m1/s1. The van der Waals surface area contributed by atoms with Crippen molar-refractivity contribution in [1.29, 1.82) is 0 Å². The highest BCUT2D eigenvalue weighted by atomic mass is 79.9. The van der Waals surface area contributed by atoms with E-state index in [4.69, 9.17) is 4.74 Å². The summed E-state index contributed by atoms with van der Waals surface area (Å²) in [4.78, 5) is 11.2. The molecule has 1 amide bonds. The molecule has 1 N–H and O–H groups in total. The largest absolute Gasteiger partial charge is 0.477 e. The predicted molar refractivity (Wildman–Crippen MR) is 52.8 cm³/mol. The number of hydrogen-bond acceptors (Lipinski definition) is 2. The minimum atomic E-state index is -1.12. The maximum absolute atomic E-state index is 13.3. The van der Waals surface area contributed by atoms with Gasteiger partial charge in [0, 0.05) is 0 Å². The van der Waals surface area contributed by atoms with Gasteiger partial charge in [0.05, 0.1) is 4.47 Å². The molecule has 0 unspecified atom stereocenters. The number of benzene rings is 1. The van der Waals surface area contributed by atoms with Crippen LogP contribution in [0.15, 0.2) is 10.5 Å². The molecule has 15 heavy (non-hydrogen) atoms. The zero-order valence-corrected chi connectivity index (χ0v) is 9.19. The highest BCUT2D eigenvalue weighted by molar-refractivity contribution is 9.10. The summed E-state index contributed by atoms with van der Waals surface area (Å²) in [6.45, 7) is 1.52. The molecule has 1 atom stereocenters. The molecular weight excluding hydrogens is 272 g/mol. The van der Waals surface area contributed by atoms with E-state index in [0.29, 0.717) is 0 Å². The Kier molecular flexibility index (Phi) is 2.38. The zero-order valence-electron chi connectivity index (χ0n) is 7.61. The molecule has 0 fully saturated rings. The Balaban J connectivity index is 2.61. The Morgan fingerprint density at radius 1 is 1.53 bits per heavy atom. The Morgan fingerprint density at radius 3 is 2.87 bits per heavy atom. The number of fused-ring (bicyclic) bond motifs is 1. The molecule has 1 aliphatic rings. The van der Waals surface area contributed by atoms with Gasteiger partial charge in [0.2, 0.25) is 0 Å². The molecule has 0 aromatic heterocycles. The molecule has 3 nitrogen and oxygen atoms in total. The smallest absolute Gasteiger partial charge is 0.265 e. The van der Waals surface area contributed by atoms with E-state index in [-0.39, 0.29) is 15.9 Å². The molecule has 0 radical (unpaired) electrons. The van der Waals surface area contributed by atoms with Crippen LogP contribution in [-0.4, -0.2) is 12.0 Å². The van der Waals surface area contributed by atoms with Crippen LogP contribution in [0.25, 0.3) is 0 Å². The molecule has 6 heteroatoms. The number of rotatable bonds is 0. The fourth-order valence-electron chi connectivity index (χ4n) is 1.26. The van der Waals surface area contributed by atoms with Crippen LogP contribution in [-0.2, 0) is 4.79 Å².